The first kappa shape index (κ1) is 12.3. The highest BCUT2D eigenvalue weighted by atomic mass is 35.5. The van der Waals surface area contributed by atoms with Gasteiger partial charge in [-0.2, -0.15) is 5.26 Å². The van der Waals surface area contributed by atoms with E-state index in [1.54, 1.807) is 24.3 Å². The van der Waals surface area contributed by atoms with E-state index in [4.69, 9.17) is 27.3 Å². The van der Waals surface area contributed by atoms with Gasteiger partial charge < -0.3 is 10.5 Å². The van der Waals surface area contributed by atoms with E-state index in [9.17, 15) is 0 Å². The Hall–Kier alpha value is -2.18. The largest absolute Gasteiger partial charge is 0.487 e. The lowest BCUT2D eigenvalue weighted by Crippen LogP contribution is -2.00. The number of halogens is 1. The minimum Gasteiger partial charge on any atom is -0.487 e. The van der Waals surface area contributed by atoms with Gasteiger partial charge in [0.1, 0.15) is 12.4 Å². The maximum atomic E-state index is 8.96. The number of nitrogen functional groups attached to an aromatic ring is 1. The smallest absolute Gasteiger partial charge is 0.142 e. The van der Waals surface area contributed by atoms with Crippen LogP contribution in [0.5, 0.6) is 5.75 Å². The first-order valence-electron chi connectivity index (χ1n) is 5.36. The summed E-state index contributed by atoms with van der Waals surface area (Å²) < 4.78 is 5.59. The Morgan fingerprint density at radius 2 is 2.00 bits per heavy atom. The molecule has 0 amide bonds. The van der Waals surface area contributed by atoms with E-state index in [0.717, 1.165) is 5.56 Å². The summed E-state index contributed by atoms with van der Waals surface area (Å²) in [7, 11) is 0. The Balaban J connectivity index is 2.14. The standard InChI is InChI=1S/C14H11ClN2O/c15-12-5-6-14(13(17)7-12)18-9-11-4-2-1-3-10(11)8-16/h1-7H,9,17H2. The van der Waals surface area contributed by atoms with Crippen molar-refractivity contribution in [3.63, 3.8) is 0 Å². The zero-order valence-electron chi connectivity index (χ0n) is 9.56. The van der Waals surface area contributed by atoms with Crippen LogP contribution in [0, 0.1) is 11.3 Å². The summed E-state index contributed by atoms with van der Waals surface area (Å²) in [4.78, 5) is 0. The van der Waals surface area contributed by atoms with E-state index in [1.807, 2.05) is 18.2 Å². The van der Waals surface area contributed by atoms with E-state index in [-0.39, 0.29) is 0 Å². The Bertz CT molecular complexity index is 605. The van der Waals surface area contributed by atoms with Crippen LogP contribution in [-0.2, 0) is 6.61 Å². The van der Waals surface area contributed by atoms with Crippen LogP contribution in [0.3, 0.4) is 0 Å². The molecule has 0 aliphatic carbocycles. The van der Waals surface area contributed by atoms with E-state index in [1.165, 1.54) is 0 Å². The fourth-order valence-electron chi connectivity index (χ4n) is 1.56. The van der Waals surface area contributed by atoms with Crippen molar-refractivity contribution >= 4 is 17.3 Å². The number of hydrogen-bond donors (Lipinski definition) is 1. The third kappa shape index (κ3) is 2.73. The quantitative estimate of drug-likeness (QED) is 0.859. The van der Waals surface area contributed by atoms with Crippen LogP contribution in [-0.4, -0.2) is 0 Å². The van der Waals surface area contributed by atoms with Gasteiger partial charge in [0.05, 0.1) is 17.3 Å². The van der Waals surface area contributed by atoms with Gasteiger partial charge in [0.25, 0.3) is 0 Å². The summed E-state index contributed by atoms with van der Waals surface area (Å²) in [6.45, 7) is 0.301. The second kappa shape index (κ2) is 5.44. The predicted octanol–water partition coefficient (Wildman–Crippen LogP) is 3.37. The maximum Gasteiger partial charge on any atom is 0.142 e. The molecule has 18 heavy (non-hydrogen) atoms. The Morgan fingerprint density at radius 3 is 2.72 bits per heavy atom. The van der Waals surface area contributed by atoms with Gasteiger partial charge in [0, 0.05) is 10.6 Å². The molecule has 3 nitrogen and oxygen atoms in total. The molecular weight excluding hydrogens is 248 g/mol. The van der Waals surface area contributed by atoms with Crippen molar-refractivity contribution in [2.24, 2.45) is 0 Å². The average molecular weight is 259 g/mol. The molecule has 0 saturated carbocycles. The number of nitrogens with zero attached hydrogens (tertiary/aromatic N) is 1. The minimum atomic E-state index is 0.301. The van der Waals surface area contributed by atoms with Crippen molar-refractivity contribution < 1.29 is 4.74 Å². The van der Waals surface area contributed by atoms with Crippen LogP contribution in [0.25, 0.3) is 0 Å². The third-order valence-corrected chi connectivity index (χ3v) is 2.73. The predicted molar refractivity (Wildman–Crippen MR) is 71.4 cm³/mol. The molecule has 2 aromatic rings. The molecule has 0 fully saturated rings. The molecule has 0 bridgehead atoms. The van der Waals surface area contributed by atoms with Crippen molar-refractivity contribution in [3.05, 3.63) is 58.6 Å². The van der Waals surface area contributed by atoms with E-state index >= 15 is 0 Å². The van der Waals surface area contributed by atoms with Crippen LogP contribution in [0.15, 0.2) is 42.5 Å². The van der Waals surface area contributed by atoms with Crippen molar-refractivity contribution in [2.75, 3.05) is 5.73 Å². The van der Waals surface area contributed by atoms with Crippen molar-refractivity contribution in [3.8, 4) is 11.8 Å². The molecule has 0 heterocycles. The molecule has 0 aliphatic heterocycles. The molecule has 0 spiro atoms. The molecule has 0 atom stereocenters. The summed E-state index contributed by atoms with van der Waals surface area (Å²) in [6, 6.07) is 14.5. The van der Waals surface area contributed by atoms with Gasteiger partial charge in [0.15, 0.2) is 0 Å². The molecule has 4 heteroatoms. The molecule has 2 N–H and O–H groups in total. The first-order chi connectivity index (χ1) is 8.70. The Kier molecular flexibility index (Phi) is 3.71. The summed E-state index contributed by atoms with van der Waals surface area (Å²) in [6.07, 6.45) is 0. The fourth-order valence-corrected chi connectivity index (χ4v) is 1.74. The SMILES string of the molecule is N#Cc1ccccc1COc1ccc(Cl)cc1N. The Labute approximate surface area is 110 Å². The van der Waals surface area contributed by atoms with Gasteiger partial charge in [-0.3, -0.25) is 0 Å². The maximum absolute atomic E-state index is 8.96. The number of rotatable bonds is 3. The van der Waals surface area contributed by atoms with Gasteiger partial charge in [0.2, 0.25) is 0 Å². The van der Waals surface area contributed by atoms with Crippen molar-refractivity contribution in [2.45, 2.75) is 6.61 Å². The van der Waals surface area contributed by atoms with Crippen LogP contribution in [0.4, 0.5) is 5.69 Å². The summed E-state index contributed by atoms with van der Waals surface area (Å²) in [5, 5.41) is 9.53. The third-order valence-electron chi connectivity index (χ3n) is 2.49. The minimum absolute atomic E-state index is 0.301. The molecule has 0 saturated heterocycles. The zero-order chi connectivity index (χ0) is 13.0. The van der Waals surface area contributed by atoms with Crippen LogP contribution < -0.4 is 10.5 Å². The monoisotopic (exact) mass is 258 g/mol. The molecule has 90 valence electrons. The van der Waals surface area contributed by atoms with Gasteiger partial charge in [-0.15, -0.1) is 0 Å². The highest BCUT2D eigenvalue weighted by molar-refractivity contribution is 6.30. The molecule has 2 rings (SSSR count). The first-order valence-corrected chi connectivity index (χ1v) is 5.74. The lowest BCUT2D eigenvalue weighted by molar-refractivity contribution is 0.307. The molecule has 0 radical (unpaired) electrons. The highest BCUT2D eigenvalue weighted by Crippen LogP contribution is 2.26. The number of nitrogens with two attached hydrogens (primary N) is 1. The molecule has 0 aliphatic rings. The molecule has 2 aromatic carbocycles. The molecular formula is C14H11ClN2O. The van der Waals surface area contributed by atoms with Crippen molar-refractivity contribution in [1.29, 1.82) is 5.26 Å². The van der Waals surface area contributed by atoms with Crippen LogP contribution in [0.2, 0.25) is 5.02 Å². The second-order valence-corrected chi connectivity index (χ2v) is 4.18. The second-order valence-electron chi connectivity index (χ2n) is 3.74. The number of ether oxygens (including phenoxy) is 1. The normalized spacial score (nSPS) is 9.78. The fraction of sp³-hybridized carbons (Fsp3) is 0.0714. The van der Waals surface area contributed by atoms with Gasteiger partial charge in [-0.1, -0.05) is 29.8 Å². The summed E-state index contributed by atoms with van der Waals surface area (Å²) in [5.41, 5.74) is 7.69. The lowest BCUT2D eigenvalue weighted by atomic mass is 10.1. The zero-order valence-corrected chi connectivity index (χ0v) is 10.3. The van der Waals surface area contributed by atoms with Gasteiger partial charge in [-0.25, -0.2) is 0 Å². The Morgan fingerprint density at radius 1 is 1.22 bits per heavy atom. The molecule has 0 unspecified atom stereocenters. The topological polar surface area (TPSA) is 59.0 Å². The lowest BCUT2D eigenvalue weighted by Gasteiger charge is -2.09. The number of hydrogen-bond acceptors (Lipinski definition) is 3. The number of anilines is 1. The number of benzene rings is 2. The van der Waals surface area contributed by atoms with E-state index in [2.05, 4.69) is 6.07 Å². The summed E-state index contributed by atoms with van der Waals surface area (Å²) >= 11 is 5.80. The van der Waals surface area contributed by atoms with E-state index < -0.39 is 0 Å². The summed E-state index contributed by atoms with van der Waals surface area (Å²) in [5.74, 6) is 0.562. The van der Waals surface area contributed by atoms with E-state index in [0.29, 0.717) is 28.6 Å². The van der Waals surface area contributed by atoms with Crippen molar-refractivity contribution in [1.82, 2.24) is 0 Å². The average Bonchev–Trinajstić information content (AvgIpc) is 2.38. The molecule has 0 aromatic heterocycles. The number of nitriles is 1. The van der Waals surface area contributed by atoms with Gasteiger partial charge >= 0.3 is 0 Å². The highest BCUT2D eigenvalue weighted by Gasteiger charge is 2.04. The van der Waals surface area contributed by atoms with Crippen LogP contribution >= 0.6 is 11.6 Å². The van der Waals surface area contributed by atoms with Crippen LogP contribution in [0.1, 0.15) is 11.1 Å². The van der Waals surface area contributed by atoms with Gasteiger partial charge in [-0.05, 0) is 24.3 Å².